The lowest BCUT2D eigenvalue weighted by atomic mass is 10.1. The lowest BCUT2D eigenvalue weighted by molar-refractivity contribution is -0.904. The summed E-state index contributed by atoms with van der Waals surface area (Å²) in [6, 6.07) is 0. The third-order valence-corrected chi connectivity index (χ3v) is 5.92. The second kappa shape index (κ2) is 22.5. The van der Waals surface area contributed by atoms with Gasteiger partial charge in [-0.3, -0.25) is 0 Å². The smallest absolute Gasteiger partial charge is 0.0969 e. The largest absolute Gasteiger partial charge is 1.00 e. The van der Waals surface area contributed by atoms with E-state index in [4.69, 9.17) is 0 Å². The van der Waals surface area contributed by atoms with Crippen molar-refractivity contribution in [2.75, 3.05) is 26.7 Å². The normalized spacial score (nSPS) is 13.1. The summed E-state index contributed by atoms with van der Waals surface area (Å²) in [6.07, 6.45) is 26.4. The van der Waals surface area contributed by atoms with Crippen LogP contribution >= 0.6 is 0 Å². The van der Waals surface area contributed by atoms with Gasteiger partial charge >= 0.3 is 0 Å². The second-order valence-electron chi connectivity index (χ2n) is 8.84. The minimum absolute atomic E-state index is 0. The number of quaternary nitrogens is 1. The van der Waals surface area contributed by atoms with Crippen molar-refractivity contribution in [3.63, 3.8) is 0 Å². The van der Waals surface area contributed by atoms with Gasteiger partial charge in [0.05, 0.1) is 26.7 Å². The molecule has 0 aliphatic rings. The number of likely N-dealkylation sites (N-methyl/N-ethyl adjacent to an activating group) is 1. The summed E-state index contributed by atoms with van der Waals surface area (Å²) in [5.41, 5.74) is 0. The van der Waals surface area contributed by atoms with E-state index in [0.29, 0.717) is 0 Å². The zero-order valence-corrected chi connectivity index (χ0v) is 20.8. The van der Waals surface area contributed by atoms with Crippen molar-refractivity contribution in [3.8, 4) is 0 Å². The van der Waals surface area contributed by atoms with Gasteiger partial charge in [-0.1, -0.05) is 104 Å². The number of rotatable bonds is 21. The maximum absolute atomic E-state index is 4.01. The second-order valence-corrected chi connectivity index (χ2v) is 8.84. The zero-order chi connectivity index (χ0) is 19.3. The van der Waals surface area contributed by atoms with Crippen LogP contribution < -0.4 is 17.0 Å². The molecule has 0 saturated heterocycles. The van der Waals surface area contributed by atoms with Gasteiger partial charge in [0, 0.05) is 0 Å². The highest BCUT2D eigenvalue weighted by Crippen LogP contribution is 2.15. The van der Waals surface area contributed by atoms with Gasteiger partial charge in [-0.15, -0.1) is 0 Å². The SMILES string of the molecule is C=CC[N+](C)(CCCCCCCCCC)CCCCCCCCCCC.[Br-]. The van der Waals surface area contributed by atoms with Gasteiger partial charge in [0.25, 0.3) is 0 Å². The maximum Gasteiger partial charge on any atom is 0.0969 e. The van der Waals surface area contributed by atoms with Crippen molar-refractivity contribution in [2.24, 2.45) is 0 Å². The molecule has 0 saturated carbocycles. The van der Waals surface area contributed by atoms with Crippen LogP contribution in [0.25, 0.3) is 0 Å². The third-order valence-electron chi connectivity index (χ3n) is 5.92. The molecular formula is C25H52BrN. The van der Waals surface area contributed by atoms with E-state index < -0.39 is 0 Å². The van der Waals surface area contributed by atoms with E-state index in [-0.39, 0.29) is 17.0 Å². The summed E-state index contributed by atoms with van der Waals surface area (Å²) in [4.78, 5) is 0. The molecule has 0 fully saturated rings. The molecule has 1 nitrogen and oxygen atoms in total. The van der Waals surface area contributed by atoms with Crippen LogP contribution in [-0.2, 0) is 0 Å². The molecule has 0 bridgehead atoms. The van der Waals surface area contributed by atoms with Gasteiger partial charge in [-0.2, -0.15) is 0 Å². The van der Waals surface area contributed by atoms with Crippen molar-refractivity contribution < 1.29 is 21.5 Å². The average Bonchev–Trinajstić information content (AvgIpc) is 2.63. The lowest BCUT2D eigenvalue weighted by Gasteiger charge is -2.34. The number of nitrogens with zero attached hydrogens (tertiary/aromatic N) is 1. The first-order chi connectivity index (χ1) is 12.7. The van der Waals surface area contributed by atoms with Crippen molar-refractivity contribution in [1.82, 2.24) is 0 Å². The fourth-order valence-corrected chi connectivity index (χ4v) is 4.04. The van der Waals surface area contributed by atoms with Gasteiger partial charge in [0.15, 0.2) is 0 Å². The summed E-state index contributed by atoms with van der Waals surface area (Å²) in [5.74, 6) is 0. The van der Waals surface area contributed by atoms with Gasteiger partial charge in [0.2, 0.25) is 0 Å². The predicted molar refractivity (Wildman–Crippen MR) is 121 cm³/mol. The molecule has 2 heteroatoms. The van der Waals surface area contributed by atoms with Crippen molar-refractivity contribution >= 4 is 0 Å². The topological polar surface area (TPSA) is 0 Å². The van der Waals surface area contributed by atoms with E-state index in [1.807, 2.05) is 0 Å². The molecule has 0 aliphatic heterocycles. The molecule has 0 heterocycles. The molecule has 0 aromatic rings. The maximum atomic E-state index is 4.01. The molecule has 0 spiro atoms. The molecule has 0 radical (unpaired) electrons. The predicted octanol–water partition coefficient (Wildman–Crippen LogP) is 5.29. The monoisotopic (exact) mass is 445 g/mol. The standard InChI is InChI=1S/C25H52N.BrH/c1-5-8-10-12-14-16-18-20-22-25-26(4,23-7-3)24-21-19-17-15-13-11-9-6-2;/h7H,3,5-6,8-25H2,1-2,4H3;1H/q+1;/p-1. The number of unbranched alkanes of at least 4 members (excludes halogenated alkanes) is 15. The molecule has 0 N–H and O–H groups in total. The lowest BCUT2D eigenvalue weighted by Crippen LogP contribution is -3.00. The van der Waals surface area contributed by atoms with Crippen LogP contribution in [0, 0.1) is 0 Å². The Morgan fingerprint density at radius 3 is 1.15 bits per heavy atom. The van der Waals surface area contributed by atoms with Gasteiger partial charge < -0.3 is 21.5 Å². The van der Waals surface area contributed by atoms with Crippen LogP contribution in [0.15, 0.2) is 12.7 Å². The van der Waals surface area contributed by atoms with Gasteiger partial charge in [0.1, 0.15) is 0 Å². The van der Waals surface area contributed by atoms with Crippen molar-refractivity contribution in [3.05, 3.63) is 12.7 Å². The molecule has 0 aromatic heterocycles. The van der Waals surface area contributed by atoms with Crippen LogP contribution in [0.3, 0.4) is 0 Å². The van der Waals surface area contributed by atoms with E-state index in [9.17, 15) is 0 Å². The number of halogens is 1. The minimum Gasteiger partial charge on any atom is -1.00 e. The quantitative estimate of drug-likeness (QED) is 0.128. The van der Waals surface area contributed by atoms with E-state index in [0.717, 1.165) is 6.54 Å². The Morgan fingerprint density at radius 1 is 0.556 bits per heavy atom. The first-order valence-corrected chi connectivity index (χ1v) is 12.1. The van der Waals surface area contributed by atoms with Gasteiger partial charge in [-0.25, -0.2) is 0 Å². The summed E-state index contributed by atoms with van der Waals surface area (Å²) in [5, 5.41) is 0. The Labute approximate surface area is 183 Å². The van der Waals surface area contributed by atoms with E-state index in [2.05, 4.69) is 33.6 Å². The molecule has 27 heavy (non-hydrogen) atoms. The molecule has 1 unspecified atom stereocenters. The Balaban J connectivity index is 0. The molecule has 0 amide bonds. The molecule has 1 atom stereocenters. The summed E-state index contributed by atoms with van der Waals surface area (Å²) in [7, 11) is 2.45. The van der Waals surface area contributed by atoms with Crippen LogP contribution in [-0.4, -0.2) is 31.2 Å². The first-order valence-electron chi connectivity index (χ1n) is 12.1. The van der Waals surface area contributed by atoms with Crippen LogP contribution in [0.5, 0.6) is 0 Å². The Morgan fingerprint density at radius 2 is 0.852 bits per heavy atom. The minimum atomic E-state index is 0. The van der Waals surface area contributed by atoms with E-state index in [1.165, 1.54) is 127 Å². The molecular weight excluding hydrogens is 394 g/mol. The molecule has 0 rings (SSSR count). The van der Waals surface area contributed by atoms with E-state index >= 15 is 0 Å². The number of hydrogen-bond donors (Lipinski definition) is 0. The zero-order valence-electron chi connectivity index (χ0n) is 19.3. The third kappa shape index (κ3) is 20.7. The summed E-state index contributed by atoms with van der Waals surface area (Å²) < 4.78 is 1.22. The van der Waals surface area contributed by atoms with Crippen molar-refractivity contribution in [2.45, 2.75) is 123 Å². The Hall–Kier alpha value is 0.180. The summed E-state index contributed by atoms with van der Waals surface area (Å²) in [6.45, 7) is 12.4. The first kappa shape index (κ1) is 29.4. The Kier molecular flexibility index (Phi) is 24.5. The summed E-state index contributed by atoms with van der Waals surface area (Å²) >= 11 is 0. The van der Waals surface area contributed by atoms with Crippen LogP contribution in [0.1, 0.15) is 123 Å². The van der Waals surface area contributed by atoms with Crippen LogP contribution in [0.2, 0.25) is 0 Å². The van der Waals surface area contributed by atoms with E-state index in [1.54, 1.807) is 0 Å². The highest BCUT2D eigenvalue weighted by molar-refractivity contribution is 4.65. The number of hydrogen-bond acceptors (Lipinski definition) is 0. The van der Waals surface area contributed by atoms with Crippen LogP contribution in [0.4, 0.5) is 0 Å². The molecule has 164 valence electrons. The van der Waals surface area contributed by atoms with Gasteiger partial charge in [-0.05, 0) is 31.8 Å². The highest BCUT2D eigenvalue weighted by Gasteiger charge is 2.18. The Bertz CT molecular complexity index is 292. The van der Waals surface area contributed by atoms with Crippen molar-refractivity contribution in [1.29, 1.82) is 0 Å². The fraction of sp³-hybridized carbons (Fsp3) is 0.920. The fourth-order valence-electron chi connectivity index (χ4n) is 4.04. The average molecular weight is 447 g/mol. The highest BCUT2D eigenvalue weighted by atomic mass is 79.9. The molecule has 0 aromatic carbocycles. The molecule has 0 aliphatic carbocycles.